The molecule has 2 aliphatic heterocycles. The minimum atomic E-state index is -4.14. The lowest BCUT2D eigenvalue weighted by molar-refractivity contribution is -0.143. The van der Waals surface area contributed by atoms with Crippen LogP contribution in [0.3, 0.4) is 0 Å². The summed E-state index contributed by atoms with van der Waals surface area (Å²) in [4.78, 5) is 10.6. The van der Waals surface area contributed by atoms with Gasteiger partial charge >= 0.3 is 6.18 Å². The minimum absolute atomic E-state index is 0. The summed E-state index contributed by atoms with van der Waals surface area (Å²) in [6.07, 6.45) is -3.44. The van der Waals surface area contributed by atoms with Crippen molar-refractivity contribution in [3.8, 4) is 0 Å². The average molecular weight is 520 g/mol. The Bertz CT molecular complexity index is 480. The molecule has 2 heterocycles. The summed E-state index contributed by atoms with van der Waals surface area (Å²) in [6, 6.07) is 0.405. The first-order valence-corrected chi connectivity index (χ1v) is 9.87. The van der Waals surface area contributed by atoms with Crippen LogP contribution in [0.2, 0.25) is 0 Å². The van der Waals surface area contributed by atoms with Gasteiger partial charge in [0.05, 0.1) is 6.54 Å². The second-order valence-electron chi connectivity index (χ2n) is 8.08. The highest BCUT2D eigenvalue weighted by Crippen LogP contribution is 2.20. The molecule has 2 atom stereocenters. The fourth-order valence-electron chi connectivity index (χ4n) is 3.88. The lowest BCUT2D eigenvalue weighted by atomic mass is 10.0. The lowest BCUT2D eigenvalue weighted by Gasteiger charge is -2.40. The topological polar surface area (TPSA) is 46.1 Å². The molecule has 28 heavy (non-hydrogen) atoms. The number of rotatable bonds is 6. The Labute approximate surface area is 184 Å². The molecule has 0 aliphatic carbocycles. The fraction of sp³-hybridized carbons (Fsp3) is 0.944. The van der Waals surface area contributed by atoms with Gasteiger partial charge in [0, 0.05) is 64.9 Å². The average Bonchev–Trinajstić information content (AvgIpc) is 3.00. The quantitative estimate of drug-likeness (QED) is 0.317. The maximum Gasteiger partial charge on any atom is 0.401 e. The molecule has 0 aromatic heterocycles. The first-order valence-electron chi connectivity index (χ1n) is 9.87. The van der Waals surface area contributed by atoms with E-state index in [2.05, 4.69) is 46.3 Å². The van der Waals surface area contributed by atoms with Gasteiger partial charge in [0.2, 0.25) is 0 Å². The predicted molar refractivity (Wildman–Crippen MR) is 119 cm³/mol. The molecule has 0 amide bonds. The Hall–Kier alpha value is -0.330. The summed E-state index contributed by atoms with van der Waals surface area (Å²) >= 11 is 0. The summed E-state index contributed by atoms with van der Waals surface area (Å²) in [5.74, 6) is 1.18. The SMILES string of the molecule is CN=C(NCC(C(C)C)N1CCN(C)CC1)NC1CCN(CC(F)(F)F)C1.I. The van der Waals surface area contributed by atoms with Gasteiger partial charge in [0.15, 0.2) is 5.96 Å². The highest BCUT2D eigenvalue weighted by atomic mass is 127. The van der Waals surface area contributed by atoms with E-state index in [0.29, 0.717) is 37.4 Å². The zero-order valence-corrected chi connectivity index (χ0v) is 19.8. The molecule has 0 aromatic carbocycles. The molecule has 0 saturated carbocycles. The van der Waals surface area contributed by atoms with E-state index < -0.39 is 12.7 Å². The lowest BCUT2D eigenvalue weighted by Crippen LogP contribution is -2.55. The summed E-state index contributed by atoms with van der Waals surface area (Å²) in [7, 11) is 3.85. The number of likely N-dealkylation sites (tertiary alicyclic amines) is 1. The number of alkyl halides is 3. The van der Waals surface area contributed by atoms with Gasteiger partial charge in [-0.1, -0.05) is 13.8 Å². The monoisotopic (exact) mass is 520 g/mol. The van der Waals surface area contributed by atoms with E-state index in [0.717, 1.165) is 32.7 Å². The van der Waals surface area contributed by atoms with Crippen molar-refractivity contribution in [1.29, 1.82) is 0 Å². The van der Waals surface area contributed by atoms with Gasteiger partial charge in [0.1, 0.15) is 0 Å². The number of aliphatic imine (C=N–C) groups is 1. The number of guanidine groups is 1. The van der Waals surface area contributed by atoms with Gasteiger partial charge in [0.25, 0.3) is 0 Å². The normalized spacial score (nSPS) is 24.3. The van der Waals surface area contributed by atoms with Gasteiger partial charge in [-0.3, -0.25) is 14.8 Å². The van der Waals surface area contributed by atoms with Crippen LogP contribution in [0.15, 0.2) is 4.99 Å². The van der Waals surface area contributed by atoms with Gasteiger partial charge < -0.3 is 15.5 Å². The molecule has 166 valence electrons. The number of hydrogen-bond donors (Lipinski definition) is 2. The molecule has 0 radical (unpaired) electrons. The Kier molecular flexibility index (Phi) is 10.8. The second kappa shape index (κ2) is 11.8. The third-order valence-corrected chi connectivity index (χ3v) is 5.49. The molecule has 2 N–H and O–H groups in total. The molecule has 6 nitrogen and oxygen atoms in total. The molecule has 10 heteroatoms. The van der Waals surface area contributed by atoms with Crippen molar-refractivity contribution in [2.45, 2.75) is 38.5 Å². The summed E-state index contributed by atoms with van der Waals surface area (Å²) < 4.78 is 37.6. The zero-order valence-electron chi connectivity index (χ0n) is 17.4. The highest BCUT2D eigenvalue weighted by molar-refractivity contribution is 14.0. The van der Waals surface area contributed by atoms with Crippen LogP contribution in [0, 0.1) is 5.92 Å². The Balaban J connectivity index is 0.00000392. The Morgan fingerprint density at radius 3 is 2.32 bits per heavy atom. The van der Waals surface area contributed by atoms with Crippen molar-refractivity contribution in [2.24, 2.45) is 10.9 Å². The third kappa shape index (κ3) is 8.58. The number of hydrogen-bond acceptors (Lipinski definition) is 4. The van der Waals surface area contributed by atoms with Crippen LogP contribution < -0.4 is 10.6 Å². The molecule has 2 fully saturated rings. The van der Waals surface area contributed by atoms with E-state index in [4.69, 9.17) is 0 Å². The summed E-state index contributed by atoms with van der Waals surface area (Å²) in [5.41, 5.74) is 0. The maximum atomic E-state index is 12.5. The van der Waals surface area contributed by atoms with Gasteiger partial charge in [-0.25, -0.2) is 0 Å². The molecular weight excluding hydrogens is 484 g/mol. The number of nitrogens with one attached hydrogen (secondary N) is 2. The van der Waals surface area contributed by atoms with Crippen LogP contribution in [0.4, 0.5) is 13.2 Å². The summed E-state index contributed by atoms with van der Waals surface area (Å²) in [5, 5.41) is 6.68. The van der Waals surface area contributed by atoms with E-state index >= 15 is 0 Å². The van der Waals surface area contributed by atoms with Crippen LogP contribution in [0.25, 0.3) is 0 Å². The largest absolute Gasteiger partial charge is 0.401 e. The molecule has 2 aliphatic rings. The minimum Gasteiger partial charge on any atom is -0.355 e. The maximum absolute atomic E-state index is 12.5. The van der Waals surface area contributed by atoms with Crippen molar-refractivity contribution in [1.82, 2.24) is 25.3 Å². The second-order valence-corrected chi connectivity index (χ2v) is 8.08. The first kappa shape index (κ1) is 25.7. The molecule has 0 spiro atoms. The first-order chi connectivity index (χ1) is 12.7. The summed E-state index contributed by atoms with van der Waals surface area (Å²) in [6.45, 7) is 9.52. The van der Waals surface area contributed by atoms with Crippen LogP contribution in [-0.2, 0) is 0 Å². The molecule has 0 aromatic rings. The number of piperazine rings is 1. The molecule has 2 unspecified atom stereocenters. The number of nitrogens with zero attached hydrogens (tertiary/aromatic N) is 4. The third-order valence-electron chi connectivity index (χ3n) is 5.49. The smallest absolute Gasteiger partial charge is 0.355 e. The predicted octanol–water partition coefficient (Wildman–Crippen LogP) is 1.68. The molecule has 0 bridgehead atoms. The van der Waals surface area contributed by atoms with Crippen molar-refractivity contribution in [3.63, 3.8) is 0 Å². The Morgan fingerprint density at radius 2 is 1.79 bits per heavy atom. The molecule has 2 rings (SSSR count). The van der Waals surface area contributed by atoms with Crippen molar-refractivity contribution >= 4 is 29.9 Å². The van der Waals surface area contributed by atoms with Gasteiger partial charge in [-0.15, -0.1) is 24.0 Å². The van der Waals surface area contributed by atoms with Crippen molar-refractivity contribution in [2.75, 3.05) is 66.5 Å². The standard InChI is InChI=1S/C18H35F3N6.HI/c1-14(2)16(27-9-7-25(4)8-10-27)11-23-17(22-3)24-15-5-6-26(12-15)13-18(19,20)21;/h14-16H,5-13H2,1-4H3,(H2,22,23,24);1H. The van der Waals surface area contributed by atoms with E-state index in [9.17, 15) is 13.2 Å². The van der Waals surface area contributed by atoms with Gasteiger partial charge in [-0.05, 0) is 19.4 Å². The van der Waals surface area contributed by atoms with E-state index in [1.54, 1.807) is 7.05 Å². The van der Waals surface area contributed by atoms with Crippen LogP contribution in [-0.4, -0.2) is 105 Å². The van der Waals surface area contributed by atoms with Crippen molar-refractivity contribution in [3.05, 3.63) is 0 Å². The fourth-order valence-corrected chi connectivity index (χ4v) is 3.88. The zero-order chi connectivity index (χ0) is 20.0. The molecular formula is C18H36F3IN6. The Morgan fingerprint density at radius 1 is 1.14 bits per heavy atom. The molecule has 2 saturated heterocycles. The van der Waals surface area contributed by atoms with E-state index in [1.807, 2.05) is 0 Å². The van der Waals surface area contributed by atoms with E-state index in [1.165, 1.54) is 4.90 Å². The van der Waals surface area contributed by atoms with Crippen LogP contribution in [0.1, 0.15) is 20.3 Å². The highest BCUT2D eigenvalue weighted by Gasteiger charge is 2.34. The van der Waals surface area contributed by atoms with E-state index in [-0.39, 0.29) is 30.0 Å². The van der Waals surface area contributed by atoms with Crippen molar-refractivity contribution < 1.29 is 13.2 Å². The number of halogens is 4. The van der Waals surface area contributed by atoms with Crippen LogP contribution in [0.5, 0.6) is 0 Å². The number of likely N-dealkylation sites (N-methyl/N-ethyl adjacent to an activating group) is 1. The van der Waals surface area contributed by atoms with Gasteiger partial charge in [-0.2, -0.15) is 13.2 Å². The van der Waals surface area contributed by atoms with Crippen LogP contribution >= 0.6 is 24.0 Å².